The van der Waals surface area contributed by atoms with Crippen LogP contribution in [-0.2, 0) is 9.53 Å². The number of carbonyl (C=O) groups is 3. The maximum Gasteiger partial charge on any atom is 0.338 e. The van der Waals surface area contributed by atoms with Gasteiger partial charge in [0.05, 0.1) is 11.6 Å². The Hall–Kier alpha value is -2.47. The van der Waals surface area contributed by atoms with Crippen LogP contribution in [0.5, 0.6) is 0 Å². The molecule has 1 amide bonds. The van der Waals surface area contributed by atoms with E-state index in [9.17, 15) is 14.4 Å². The topological polar surface area (TPSA) is 72.5 Å². The molecule has 0 spiro atoms. The van der Waals surface area contributed by atoms with Crippen molar-refractivity contribution in [2.45, 2.75) is 19.4 Å². The second-order valence-corrected chi connectivity index (χ2v) is 6.31. The first kappa shape index (κ1) is 18.9. The zero-order chi connectivity index (χ0) is 18.2. The van der Waals surface area contributed by atoms with Crippen LogP contribution in [0.2, 0.25) is 0 Å². The molecule has 0 aliphatic carbocycles. The summed E-state index contributed by atoms with van der Waals surface area (Å²) in [6.45, 7) is 1.61. The first-order valence-corrected chi connectivity index (χ1v) is 8.60. The van der Waals surface area contributed by atoms with Crippen LogP contribution in [0.1, 0.15) is 45.7 Å². The lowest BCUT2D eigenvalue weighted by Crippen LogP contribution is -2.32. The number of rotatable bonds is 7. The minimum Gasteiger partial charge on any atom is -0.452 e. The summed E-state index contributed by atoms with van der Waals surface area (Å²) in [7, 11) is 0. The van der Waals surface area contributed by atoms with Gasteiger partial charge in [0.2, 0.25) is 0 Å². The van der Waals surface area contributed by atoms with Gasteiger partial charge < -0.3 is 10.1 Å². The fourth-order valence-corrected chi connectivity index (χ4v) is 2.53. The van der Waals surface area contributed by atoms with E-state index in [1.807, 2.05) is 31.2 Å². The van der Waals surface area contributed by atoms with Crippen molar-refractivity contribution < 1.29 is 19.1 Å². The predicted octanol–water partition coefficient (Wildman–Crippen LogP) is 3.69. The highest BCUT2D eigenvalue weighted by atomic mass is 79.9. The van der Waals surface area contributed by atoms with Gasteiger partial charge in [-0.15, -0.1) is 0 Å². The van der Waals surface area contributed by atoms with Crippen molar-refractivity contribution in [3.05, 3.63) is 69.7 Å². The van der Waals surface area contributed by atoms with E-state index < -0.39 is 5.97 Å². The van der Waals surface area contributed by atoms with Crippen LogP contribution in [0.15, 0.2) is 53.0 Å². The molecule has 5 nitrogen and oxygen atoms in total. The Morgan fingerprint density at radius 1 is 1.12 bits per heavy atom. The number of hydrogen-bond donors (Lipinski definition) is 1. The Morgan fingerprint density at radius 3 is 2.32 bits per heavy atom. The molecule has 0 unspecified atom stereocenters. The van der Waals surface area contributed by atoms with Crippen LogP contribution >= 0.6 is 15.9 Å². The minimum atomic E-state index is -0.607. The number of carbonyl (C=O) groups excluding carboxylic acids is 3. The van der Waals surface area contributed by atoms with Gasteiger partial charge in [-0.2, -0.15) is 0 Å². The molecule has 0 bridgehead atoms. The number of halogens is 1. The van der Waals surface area contributed by atoms with Crippen molar-refractivity contribution in [3.63, 3.8) is 0 Å². The molecule has 1 N–H and O–H groups in total. The van der Waals surface area contributed by atoms with Crippen LogP contribution in [0, 0.1) is 0 Å². The van der Waals surface area contributed by atoms with Gasteiger partial charge in [0.25, 0.3) is 5.91 Å². The first-order chi connectivity index (χ1) is 12.0. The van der Waals surface area contributed by atoms with Gasteiger partial charge in [0.15, 0.2) is 6.61 Å². The monoisotopic (exact) mass is 403 g/mol. The van der Waals surface area contributed by atoms with Gasteiger partial charge in [-0.1, -0.05) is 47.1 Å². The number of aldehydes is 1. The van der Waals surface area contributed by atoms with E-state index in [0.717, 1.165) is 10.0 Å². The van der Waals surface area contributed by atoms with E-state index in [1.165, 1.54) is 24.3 Å². The van der Waals surface area contributed by atoms with E-state index in [-0.39, 0.29) is 18.6 Å². The lowest BCUT2D eigenvalue weighted by Gasteiger charge is -2.17. The summed E-state index contributed by atoms with van der Waals surface area (Å²) in [6.07, 6.45) is 1.41. The molecule has 2 aromatic carbocycles. The maximum atomic E-state index is 12.0. The van der Waals surface area contributed by atoms with Crippen molar-refractivity contribution in [2.75, 3.05) is 6.61 Å². The Kier molecular flexibility index (Phi) is 6.89. The number of esters is 1. The fraction of sp³-hybridized carbons (Fsp3) is 0.211. The lowest BCUT2D eigenvalue weighted by molar-refractivity contribution is -0.125. The van der Waals surface area contributed by atoms with E-state index in [0.29, 0.717) is 23.8 Å². The summed E-state index contributed by atoms with van der Waals surface area (Å²) >= 11 is 3.38. The van der Waals surface area contributed by atoms with Gasteiger partial charge >= 0.3 is 5.97 Å². The quantitative estimate of drug-likeness (QED) is 0.565. The van der Waals surface area contributed by atoms with Crippen molar-refractivity contribution >= 4 is 34.1 Å². The first-order valence-electron chi connectivity index (χ1n) is 7.80. The molecule has 0 aromatic heterocycles. The molecule has 2 aromatic rings. The number of nitrogens with one attached hydrogen (secondary N) is 1. The van der Waals surface area contributed by atoms with E-state index in [4.69, 9.17) is 4.74 Å². The molecule has 0 saturated heterocycles. The van der Waals surface area contributed by atoms with Gasteiger partial charge in [0, 0.05) is 10.0 Å². The van der Waals surface area contributed by atoms with Crippen LogP contribution < -0.4 is 5.32 Å². The SMILES string of the molecule is CC[C@H](NC(=O)COC(=O)c1ccc(C=O)cc1)c1ccc(Br)cc1. The lowest BCUT2D eigenvalue weighted by atomic mass is 10.0. The van der Waals surface area contributed by atoms with Crippen molar-refractivity contribution in [2.24, 2.45) is 0 Å². The van der Waals surface area contributed by atoms with Gasteiger partial charge in [-0.25, -0.2) is 4.79 Å². The van der Waals surface area contributed by atoms with E-state index in [2.05, 4.69) is 21.2 Å². The maximum absolute atomic E-state index is 12.0. The van der Waals surface area contributed by atoms with Gasteiger partial charge in [0.1, 0.15) is 6.29 Å². The van der Waals surface area contributed by atoms with E-state index in [1.54, 1.807) is 0 Å². The molecule has 0 fully saturated rings. The molecule has 0 radical (unpaired) electrons. The second-order valence-electron chi connectivity index (χ2n) is 5.40. The molecule has 130 valence electrons. The zero-order valence-electron chi connectivity index (χ0n) is 13.7. The highest BCUT2D eigenvalue weighted by Gasteiger charge is 2.15. The molecule has 6 heteroatoms. The number of benzene rings is 2. The predicted molar refractivity (Wildman–Crippen MR) is 97.4 cm³/mol. The largest absolute Gasteiger partial charge is 0.452 e. The summed E-state index contributed by atoms with van der Waals surface area (Å²) in [4.78, 5) is 34.6. The van der Waals surface area contributed by atoms with Crippen molar-refractivity contribution in [1.82, 2.24) is 5.32 Å². The molecule has 1 atom stereocenters. The summed E-state index contributed by atoms with van der Waals surface area (Å²) in [5.41, 5.74) is 1.74. The molecule has 0 saturated carbocycles. The Morgan fingerprint density at radius 2 is 1.76 bits per heavy atom. The third-order valence-corrected chi connectivity index (χ3v) is 4.16. The van der Waals surface area contributed by atoms with Crippen LogP contribution in [0.3, 0.4) is 0 Å². The molecule has 0 aliphatic rings. The molecular weight excluding hydrogens is 386 g/mol. The Balaban J connectivity index is 1.88. The smallest absolute Gasteiger partial charge is 0.338 e. The third-order valence-electron chi connectivity index (χ3n) is 3.63. The third kappa shape index (κ3) is 5.53. The summed E-state index contributed by atoms with van der Waals surface area (Å²) in [6, 6.07) is 13.5. The summed E-state index contributed by atoms with van der Waals surface area (Å²) < 4.78 is 5.98. The van der Waals surface area contributed by atoms with E-state index >= 15 is 0 Å². The van der Waals surface area contributed by atoms with Crippen LogP contribution in [0.25, 0.3) is 0 Å². The van der Waals surface area contributed by atoms with Crippen LogP contribution in [0.4, 0.5) is 0 Å². The minimum absolute atomic E-state index is 0.147. The normalized spacial score (nSPS) is 11.4. The zero-order valence-corrected chi connectivity index (χ0v) is 15.3. The fourth-order valence-electron chi connectivity index (χ4n) is 2.26. The molecule has 0 aliphatic heterocycles. The molecule has 0 heterocycles. The second kappa shape index (κ2) is 9.13. The summed E-state index contributed by atoms with van der Waals surface area (Å²) in [5, 5.41) is 2.85. The highest BCUT2D eigenvalue weighted by Crippen LogP contribution is 2.19. The summed E-state index contributed by atoms with van der Waals surface area (Å²) in [5.74, 6) is -0.975. The molecule has 2 rings (SSSR count). The van der Waals surface area contributed by atoms with Crippen molar-refractivity contribution in [3.8, 4) is 0 Å². The van der Waals surface area contributed by atoms with Crippen LogP contribution in [-0.4, -0.2) is 24.8 Å². The number of hydrogen-bond acceptors (Lipinski definition) is 4. The standard InChI is InChI=1S/C19H18BrNO4/c1-2-17(14-7-9-16(20)10-8-14)21-18(23)12-25-19(24)15-5-3-13(11-22)4-6-15/h3-11,17H,2,12H2,1H3,(H,21,23)/t17-/m0/s1. The number of ether oxygens (including phenoxy) is 1. The average molecular weight is 404 g/mol. The number of amides is 1. The van der Waals surface area contributed by atoms with Crippen molar-refractivity contribution in [1.29, 1.82) is 0 Å². The molecular formula is C19H18BrNO4. The highest BCUT2D eigenvalue weighted by molar-refractivity contribution is 9.10. The Labute approximate surface area is 154 Å². The molecule has 25 heavy (non-hydrogen) atoms. The average Bonchev–Trinajstić information content (AvgIpc) is 2.65. The Bertz CT molecular complexity index is 741. The van der Waals surface area contributed by atoms with Gasteiger partial charge in [-0.3, -0.25) is 9.59 Å². The van der Waals surface area contributed by atoms with Gasteiger partial charge in [-0.05, 0) is 36.2 Å².